The molecule has 0 aromatic carbocycles. The van der Waals surface area contributed by atoms with Gasteiger partial charge in [-0.1, -0.05) is 11.7 Å². The van der Waals surface area contributed by atoms with Crippen molar-refractivity contribution in [2.75, 3.05) is 26.2 Å². The van der Waals surface area contributed by atoms with Gasteiger partial charge in [-0.25, -0.2) is 0 Å². The fourth-order valence-corrected chi connectivity index (χ4v) is 2.32. The second-order valence-corrected chi connectivity index (χ2v) is 4.89. The van der Waals surface area contributed by atoms with E-state index in [0.29, 0.717) is 38.4 Å². The molecule has 2 amide bonds. The van der Waals surface area contributed by atoms with Gasteiger partial charge in [0.15, 0.2) is 0 Å². The molecule has 0 N–H and O–H groups in total. The first-order valence-corrected chi connectivity index (χ1v) is 6.63. The average Bonchev–Trinajstić information content (AvgIpc) is 2.78. The van der Waals surface area contributed by atoms with Crippen molar-refractivity contribution in [2.24, 2.45) is 0 Å². The first kappa shape index (κ1) is 14.3. The van der Waals surface area contributed by atoms with Crippen LogP contribution in [-0.2, 0) is 16.0 Å². The van der Waals surface area contributed by atoms with Gasteiger partial charge >= 0.3 is 0 Å². The van der Waals surface area contributed by atoms with Crippen molar-refractivity contribution in [3.05, 3.63) is 29.7 Å². The van der Waals surface area contributed by atoms with Crippen LogP contribution in [0.5, 0.6) is 0 Å². The average molecular weight is 277 g/mol. The largest absolute Gasteiger partial charge is 0.361 e. The third-order valence-electron chi connectivity index (χ3n) is 3.63. The van der Waals surface area contributed by atoms with E-state index >= 15 is 0 Å². The molecule has 0 saturated carbocycles. The van der Waals surface area contributed by atoms with Crippen LogP contribution in [-0.4, -0.2) is 52.9 Å². The Morgan fingerprint density at radius 2 is 1.85 bits per heavy atom. The summed E-state index contributed by atoms with van der Waals surface area (Å²) < 4.78 is 5.06. The molecule has 1 fully saturated rings. The number of hydrogen-bond donors (Lipinski definition) is 0. The Morgan fingerprint density at radius 3 is 2.35 bits per heavy atom. The lowest BCUT2D eigenvalue weighted by atomic mass is 10.1. The molecule has 0 aliphatic carbocycles. The summed E-state index contributed by atoms with van der Waals surface area (Å²) in [5, 5.41) is 3.85. The predicted molar refractivity (Wildman–Crippen MR) is 73.0 cm³/mol. The van der Waals surface area contributed by atoms with Crippen LogP contribution < -0.4 is 0 Å². The van der Waals surface area contributed by atoms with E-state index < -0.39 is 0 Å². The Hall–Kier alpha value is -2.11. The van der Waals surface area contributed by atoms with Crippen molar-refractivity contribution in [1.29, 1.82) is 0 Å². The van der Waals surface area contributed by atoms with Gasteiger partial charge in [0.05, 0.1) is 12.1 Å². The molecule has 6 heteroatoms. The molecule has 2 rings (SSSR count). The summed E-state index contributed by atoms with van der Waals surface area (Å²) in [5.41, 5.74) is 1.62. The number of piperazine rings is 1. The van der Waals surface area contributed by atoms with E-state index in [1.807, 2.05) is 13.8 Å². The molecule has 0 spiro atoms. The van der Waals surface area contributed by atoms with Crippen LogP contribution in [0.15, 0.2) is 17.2 Å². The topological polar surface area (TPSA) is 66.7 Å². The molecule has 0 radical (unpaired) electrons. The Bertz CT molecular complexity index is 508. The van der Waals surface area contributed by atoms with Gasteiger partial charge in [-0.05, 0) is 19.9 Å². The number of rotatable bonds is 3. The van der Waals surface area contributed by atoms with Gasteiger partial charge in [0.25, 0.3) is 0 Å². The second kappa shape index (κ2) is 5.90. The Morgan fingerprint density at radius 1 is 1.25 bits per heavy atom. The maximum Gasteiger partial charge on any atom is 0.246 e. The molecule has 2 heterocycles. The van der Waals surface area contributed by atoms with E-state index in [9.17, 15) is 9.59 Å². The molecule has 1 aromatic rings. The highest BCUT2D eigenvalue weighted by Gasteiger charge is 2.24. The second-order valence-electron chi connectivity index (χ2n) is 4.89. The highest BCUT2D eigenvalue weighted by molar-refractivity contribution is 5.87. The number of aryl methyl sites for hydroxylation is 2. The molecule has 1 aliphatic heterocycles. The van der Waals surface area contributed by atoms with Crippen molar-refractivity contribution >= 4 is 11.8 Å². The quantitative estimate of drug-likeness (QED) is 0.762. The van der Waals surface area contributed by atoms with E-state index in [4.69, 9.17) is 4.52 Å². The summed E-state index contributed by atoms with van der Waals surface area (Å²) in [7, 11) is 0. The molecule has 0 bridgehead atoms. The highest BCUT2D eigenvalue weighted by Crippen LogP contribution is 2.14. The van der Waals surface area contributed by atoms with Crippen LogP contribution in [0.4, 0.5) is 0 Å². The first-order chi connectivity index (χ1) is 9.52. The van der Waals surface area contributed by atoms with Gasteiger partial charge < -0.3 is 14.3 Å². The number of aromatic nitrogens is 1. The van der Waals surface area contributed by atoms with Crippen molar-refractivity contribution in [3.8, 4) is 0 Å². The third-order valence-corrected chi connectivity index (χ3v) is 3.63. The van der Waals surface area contributed by atoms with Gasteiger partial charge in [-0.15, -0.1) is 0 Å². The predicted octanol–water partition coefficient (Wildman–Crippen LogP) is 0.691. The normalized spacial score (nSPS) is 15.3. The number of hydrogen-bond acceptors (Lipinski definition) is 4. The van der Waals surface area contributed by atoms with Gasteiger partial charge in [0.2, 0.25) is 11.8 Å². The van der Waals surface area contributed by atoms with Gasteiger partial charge in [-0.2, -0.15) is 0 Å². The molecule has 20 heavy (non-hydrogen) atoms. The monoisotopic (exact) mass is 277 g/mol. The number of nitrogens with zero attached hydrogens (tertiary/aromatic N) is 3. The van der Waals surface area contributed by atoms with Gasteiger partial charge in [0, 0.05) is 31.7 Å². The summed E-state index contributed by atoms with van der Waals surface area (Å²) >= 11 is 0. The number of carbonyl (C=O) groups is 2. The molecular weight excluding hydrogens is 258 g/mol. The van der Waals surface area contributed by atoms with E-state index in [2.05, 4.69) is 11.7 Å². The maximum absolute atomic E-state index is 12.2. The van der Waals surface area contributed by atoms with E-state index in [-0.39, 0.29) is 11.8 Å². The van der Waals surface area contributed by atoms with Crippen LogP contribution in [0.1, 0.15) is 17.0 Å². The molecule has 0 unspecified atom stereocenters. The smallest absolute Gasteiger partial charge is 0.246 e. The lowest BCUT2D eigenvalue weighted by Crippen LogP contribution is -2.50. The third kappa shape index (κ3) is 2.89. The van der Waals surface area contributed by atoms with Crippen LogP contribution in [0, 0.1) is 13.8 Å². The van der Waals surface area contributed by atoms with Crippen LogP contribution in [0.3, 0.4) is 0 Å². The fraction of sp³-hybridized carbons (Fsp3) is 0.500. The van der Waals surface area contributed by atoms with Crippen LogP contribution >= 0.6 is 0 Å². The lowest BCUT2D eigenvalue weighted by molar-refractivity contribution is -0.136. The number of amides is 2. The van der Waals surface area contributed by atoms with Crippen molar-refractivity contribution < 1.29 is 14.1 Å². The van der Waals surface area contributed by atoms with Gasteiger partial charge in [-0.3, -0.25) is 9.59 Å². The summed E-state index contributed by atoms with van der Waals surface area (Å²) in [5.74, 6) is 0.657. The maximum atomic E-state index is 12.2. The van der Waals surface area contributed by atoms with E-state index in [1.165, 1.54) is 6.08 Å². The zero-order valence-corrected chi connectivity index (χ0v) is 11.9. The fourth-order valence-electron chi connectivity index (χ4n) is 2.32. The molecule has 6 nitrogen and oxygen atoms in total. The van der Waals surface area contributed by atoms with E-state index in [1.54, 1.807) is 9.80 Å². The SMILES string of the molecule is C=CC(=O)N1CCN(C(=O)Cc2c(C)noc2C)CC1. The molecule has 108 valence electrons. The standard InChI is InChI=1S/C14H19N3O3/c1-4-13(18)16-5-7-17(8-6-16)14(19)9-12-10(2)15-20-11(12)3/h4H,1,5-9H2,2-3H3. The molecule has 1 saturated heterocycles. The summed E-state index contributed by atoms with van der Waals surface area (Å²) in [4.78, 5) is 27.2. The summed E-state index contributed by atoms with van der Waals surface area (Å²) in [6.07, 6.45) is 1.61. The minimum absolute atomic E-state index is 0.0464. The zero-order chi connectivity index (χ0) is 14.7. The highest BCUT2D eigenvalue weighted by atomic mass is 16.5. The Balaban J connectivity index is 1.92. The Labute approximate surface area is 118 Å². The molecule has 1 aliphatic rings. The lowest BCUT2D eigenvalue weighted by Gasteiger charge is -2.34. The molecular formula is C14H19N3O3. The van der Waals surface area contributed by atoms with Crippen molar-refractivity contribution in [2.45, 2.75) is 20.3 Å². The minimum Gasteiger partial charge on any atom is -0.361 e. The molecule has 1 aromatic heterocycles. The van der Waals surface area contributed by atoms with Crippen LogP contribution in [0.25, 0.3) is 0 Å². The summed E-state index contributed by atoms with van der Waals surface area (Å²) in [6, 6.07) is 0. The number of carbonyl (C=O) groups excluding carboxylic acids is 2. The van der Waals surface area contributed by atoms with Gasteiger partial charge in [0.1, 0.15) is 5.76 Å². The minimum atomic E-state index is -0.0807. The van der Waals surface area contributed by atoms with Crippen molar-refractivity contribution in [3.63, 3.8) is 0 Å². The first-order valence-electron chi connectivity index (χ1n) is 6.63. The van der Waals surface area contributed by atoms with Crippen molar-refractivity contribution in [1.82, 2.24) is 15.0 Å². The molecule has 0 atom stereocenters. The van der Waals surface area contributed by atoms with Crippen LogP contribution in [0.2, 0.25) is 0 Å². The zero-order valence-electron chi connectivity index (χ0n) is 11.9. The summed E-state index contributed by atoms with van der Waals surface area (Å²) in [6.45, 7) is 9.33. The van der Waals surface area contributed by atoms with E-state index in [0.717, 1.165) is 11.3 Å². The Kier molecular flexibility index (Phi) is 4.22.